The maximum Gasteiger partial charge on any atom is 0.407 e. The molecule has 5 heteroatoms. The predicted molar refractivity (Wildman–Crippen MR) is 71.4 cm³/mol. The van der Waals surface area contributed by atoms with Crippen molar-refractivity contribution in [3.05, 3.63) is 0 Å². The number of primary amides is 1. The minimum atomic E-state index is -0.340. The Morgan fingerprint density at radius 1 is 1.32 bits per heavy atom. The van der Waals surface area contributed by atoms with Gasteiger partial charge in [0.2, 0.25) is 5.91 Å². The molecule has 2 saturated carbocycles. The SMILES string of the molecule is CC(C)OC(=O)NC12CCCC(C1)C(C(N)=O)CC2. The fourth-order valence-corrected chi connectivity index (χ4v) is 3.66. The molecule has 2 aliphatic rings. The summed E-state index contributed by atoms with van der Waals surface area (Å²) in [6.07, 6.45) is 5.06. The van der Waals surface area contributed by atoms with Gasteiger partial charge in [-0.25, -0.2) is 4.79 Å². The first-order valence-corrected chi connectivity index (χ1v) is 7.20. The van der Waals surface area contributed by atoms with Crippen molar-refractivity contribution in [3.63, 3.8) is 0 Å². The van der Waals surface area contributed by atoms with Crippen LogP contribution in [0.15, 0.2) is 0 Å². The topological polar surface area (TPSA) is 81.4 Å². The molecule has 0 radical (unpaired) electrons. The van der Waals surface area contributed by atoms with Crippen LogP contribution in [0.5, 0.6) is 0 Å². The molecule has 0 spiro atoms. The molecule has 2 fully saturated rings. The van der Waals surface area contributed by atoms with Crippen molar-refractivity contribution < 1.29 is 14.3 Å². The molecule has 0 aromatic rings. The molecule has 2 bridgehead atoms. The van der Waals surface area contributed by atoms with E-state index in [0.29, 0.717) is 5.92 Å². The number of hydrogen-bond donors (Lipinski definition) is 2. The highest BCUT2D eigenvalue weighted by atomic mass is 16.6. The quantitative estimate of drug-likeness (QED) is 0.820. The van der Waals surface area contributed by atoms with E-state index in [1.165, 1.54) is 0 Å². The minimum Gasteiger partial charge on any atom is -0.447 e. The van der Waals surface area contributed by atoms with Gasteiger partial charge in [0, 0.05) is 11.5 Å². The van der Waals surface area contributed by atoms with Crippen molar-refractivity contribution in [3.8, 4) is 0 Å². The summed E-state index contributed by atoms with van der Waals surface area (Å²) in [5.74, 6) is 0.112. The van der Waals surface area contributed by atoms with Gasteiger partial charge in [0.05, 0.1) is 6.10 Å². The van der Waals surface area contributed by atoms with Crippen LogP contribution in [0.3, 0.4) is 0 Å². The van der Waals surface area contributed by atoms with E-state index in [1.54, 1.807) is 0 Å². The average molecular weight is 268 g/mol. The first-order valence-electron chi connectivity index (χ1n) is 7.20. The fourth-order valence-electron chi connectivity index (χ4n) is 3.66. The third kappa shape index (κ3) is 3.19. The highest BCUT2D eigenvalue weighted by molar-refractivity contribution is 5.77. The number of fused-ring (bicyclic) bond motifs is 2. The monoisotopic (exact) mass is 268 g/mol. The summed E-state index contributed by atoms with van der Waals surface area (Å²) in [4.78, 5) is 23.2. The molecule has 2 amide bonds. The Hall–Kier alpha value is -1.26. The Balaban J connectivity index is 2.00. The molecule has 2 aliphatic carbocycles. The molecule has 0 aliphatic heterocycles. The molecule has 3 unspecified atom stereocenters. The summed E-state index contributed by atoms with van der Waals surface area (Å²) < 4.78 is 5.17. The van der Waals surface area contributed by atoms with Gasteiger partial charge in [-0.3, -0.25) is 4.79 Å². The summed E-state index contributed by atoms with van der Waals surface area (Å²) in [6, 6.07) is 0. The second-order valence-electron chi connectivity index (χ2n) is 6.26. The van der Waals surface area contributed by atoms with E-state index < -0.39 is 0 Å². The van der Waals surface area contributed by atoms with E-state index in [-0.39, 0.29) is 29.6 Å². The van der Waals surface area contributed by atoms with E-state index in [0.717, 1.165) is 38.5 Å². The largest absolute Gasteiger partial charge is 0.447 e. The first-order chi connectivity index (χ1) is 8.92. The number of carbonyl (C=O) groups is 2. The van der Waals surface area contributed by atoms with Gasteiger partial charge in [-0.05, 0) is 51.9 Å². The van der Waals surface area contributed by atoms with Gasteiger partial charge < -0.3 is 15.8 Å². The van der Waals surface area contributed by atoms with Gasteiger partial charge in [0.1, 0.15) is 0 Å². The Labute approximate surface area is 114 Å². The smallest absolute Gasteiger partial charge is 0.407 e. The summed E-state index contributed by atoms with van der Waals surface area (Å²) in [7, 11) is 0. The lowest BCUT2D eigenvalue weighted by Gasteiger charge is -2.48. The normalized spacial score (nSPS) is 33.8. The van der Waals surface area contributed by atoms with Crippen LogP contribution in [0.1, 0.15) is 52.4 Å². The van der Waals surface area contributed by atoms with E-state index in [4.69, 9.17) is 10.5 Å². The number of carbonyl (C=O) groups excluding carboxylic acids is 2. The molecular weight excluding hydrogens is 244 g/mol. The van der Waals surface area contributed by atoms with E-state index in [1.807, 2.05) is 13.8 Å². The standard InChI is InChI=1S/C14H24N2O3/c1-9(2)19-13(18)16-14-6-3-4-10(8-14)11(5-7-14)12(15)17/h9-11H,3-8H2,1-2H3,(H2,15,17)(H,16,18). The summed E-state index contributed by atoms with van der Waals surface area (Å²) >= 11 is 0. The van der Waals surface area contributed by atoms with Crippen molar-refractivity contribution in [1.29, 1.82) is 0 Å². The summed E-state index contributed by atoms with van der Waals surface area (Å²) in [6.45, 7) is 3.68. The van der Waals surface area contributed by atoms with Crippen LogP contribution in [0.2, 0.25) is 0 Å². The fraction of sp³-hybridized carbons (Fsp3) is 0.857. The molecule has 0 heterocycles. The highest BCUT2D eigenvalue weighted by Crippen LogP contribution is 2.45. The number of hydrogen-bond acceptors (Lipinski definition) is 3. The van der Waals surface area contributed by atoms with Crippen molar-refractivity contribution >= 4 is 12.0 Å². The summed E-state index contributed by atoms with van der Waals surface area (Å²) in [5, 5.41) is 3.04. The van der Waals surface area contributed by atoms with Gasteiger partial charge in [-0.2, -0.15) is 0 Å². The second-order valence-corrected chi connectivity index (χ2v) is 6.26. The number of rotatable bonds is 3. The van der Waals surface area contributed by atoms with Gasteiger partial charge in [0.25, 0.3) is 0 Å². The zero-order valence-corrected chi connectivity index (χ0v) is 11.8. The van der Waals surface area contributed by atoms with Gasteiger partial charge in [0.15, 0.2) is 0 Å². The lowest BCUT2D eigenvalue weighted by molar-refractivity contribution is -0.126. The lowest BCUT2D eigenvalue weighted by atomic mass is 9.62. The molecule has 19 heavy (non-hydrogen) atoms. The van der Waals surface area contributed by atoms with E-state index in [9.17, 15) is 9.59 Å². The Morgan fingerprint density at radius 2 is 2.05 bits per heavy atom. The van der Waals surface area contributed by atoms with E-state index >= 15 is 0 Å². The number of amides is 2. The van der Waals surface area contributed by atoms with Crippen LogP contribution in [0, 0.1) is 11.8 Å². The number of alkyl carbamates (subject to hydrolysis) is 1. The van der Waals surface area contributed by atoms with Crippen molar-refractivity contribution in [1.82, 2.24) is 5.32 Å². The number of ether oxygens (including phenoxy) is 1. The second kappa shape index (κ2) is 5.39. The summed E-state index contributed by atoms with van der Waals surface area (Å²) in [5.41, 5.74) is 5.28. The third-order valence-corrected chi connectivity index (χ3v) is 4.46. The van der Waals surface area contributed by atoms with Gasteiger partial charge in [-0.15, -0.1) is 0 Å². The van der Waals surface area contributed by atoms with Crippen LogP contribution in [-0.4, -0.2) is 23.6 Å². The lowest BCUT2D eigenvalue weighted by Crippen LogP contribution is -2.56. The van der Waals surface area contributed by atoms with Crippen LogP contribution in [0.4, 0.5) is 4.79 Å². The van der Waals surface area contributed by atoms with Crippen molar-refractivity contribution in [2.75, 3.05) is 0 Å². The third-order valence-electron chi connectivity index (χ3n) is 4.46. The van der Waals surface area contributed by atoms with Crippen LogP contribution >= 0.6 is 0 Å². The molecule has 0 aromatic heterocycles. The maximum atomic E-state index is 11.8. The molecule has 3 N–H and O–H groups in total. The number of nitrogens with two attached hydrogens (primary N) is 1. The Kier molecular flexibility index (Phi) is 4.02. The molecule has 3 atom stereocenters. The van der Waals surface area contributed by atoms with Gasteiger partial charge >= 0.3 is 6.09 Å². The van der Waals surface area contributed by atoms with Crippen LogP contribution in [0.25, 0.3) is 0 Å². The first kappa shape index (κ1) is 14.2. The molecule has 0 aromatic carbocycles. The Morgan fingerprint density at radius 3 is 2.68 bits per heavy atom. The minimum absolute atomic E-state index is 0.0173. The molecule has 5 nitrogen and oxygen atoms in total. The maximum absolute atomic E-state index is 11.8. The molecular formula is C14H24N2O3. The Bertz CT molecular complexity index is 370. The molecule has 2 rings (SSSR count). The van der Waals surface area contributed by atoms with Crippen LogP contribution in [-0.2, 0) is 9.53 Å². The molecule has 0 saturated heterocycles. The highest BCUT2D eigenvalue weighted by Gasteiger charge is 2.46. The van der Waals surface area contributed by atoms with E-state index in [2.05, 4.69) is 5.32 Å². The zero-order chi connectivity index (χ0) is 14.0. The van der Waals surface area contributed by atoms with Crippen molar-refractivity contribution in [2.45, 2.75) is 64.0 Å². The number of nitrogens with one attached hydrogen (secondary N) is 1. The van der Waals surface area contributed by atoms with Crippen LogP contribution < -0.4 is 11.1 Å². The average Bonchev–Trinajstić information content (AvgIpc) is 2.26. The molecule has 108 valence electrons. The van der Waals surface area contributed by atoms with Gasteiger partial charge in [-0.1, -0.05) is 6.42 Å². The predicted octanol–water partition coefficient (Wildman–Crippen LogP) is 1.95. The van der Waals surface area contributed by atoms with Crippen molar-refractivity contribution in [2.24, 2.45) is 17.6 Å². The zero-order valence-electron chi connectivity index (χ0n) is 11.8.